The van der Waals surface area contributed by atoms with Gasteiger partial charge in [-0.25, -0.2) is 0 Å². The minimum Gasteiger partial charge on any atom is -0.310 e. The van der Waals surface area contributed by atoms with Crippen LogP contribution in [0.15, 0.2) is 231 Å². The molecule has 0 amide bonds. The predicted molar refractivity (Wildman–Crippen MR) is 320 cm³/mol. The lowest BCUT2D eigenvalue weighted by atomic mass is 9.82. The van der Waals surface area contributed by atoms with E-state index in [9.17, 15) is 0 Å². The van der Waals surface area contributed by atoms with Crippen molar-refractivity contribution in [1.82, 2.24) is 8.80 Å². The zero-order chi connectivity index (χ0) is 50.3. The first-order valence-corrected chi connectivity index (χ1v) is 26.8. The molecule has 11 aromatic carbocycles. The second kappa shape index (κ2) is 14.7. The molecule has 4 aromatic heterocycles. The van der Waals surface area contributed by atoms with Gasteiger partial charge in [-0.05, 0) is 129 Å². The fraction of sp³-hybridized carbons (Fsp3) is 0.0833. The van der Waals surface area contributed by atoms with E-state index in [4.69, 9.17) is 0 Å². The first-order chi connectivity index (χ1) is 37.3. The second-order valence-electron chi connectivity index (χ2n) is 22.4. The molecule has 4 nitrogen and oxygen atoms in total. The van der Waals surface area contributed by atoms with Gasteiger partial charge in [-0.15, -0.1) is 0 Å². The molecule has 0 fully saturated rings. The van der Waals surface area contributed by atoms with Crippen molar-refractivity contribution in [2.45, 2.75) is 38.5 Å². The van der Waals surface area contributed by atoms with Crippen LogP contribution in [0.1, 0.15) is 49.9 Å². The number of anilines is 6. The van der Waals surface area contributed by atoms with Crippen LogP contribution in [-0.2, 0) is 10.8 Å². The summed E-state index contributed by atoms with van der Waals surface area (Å²) >= 11 is 0. The molecule has 0 N–H and O–H groups in total. The van der Waals surface area contributed by atoms with Crippen molar-refractivity contribution in [3.63, 3.8) is 0 Å². The third-order valence-corrected chi connectivity index (χ3v) is 17.9. The van der Waals surface area contributed by atoms with Crippen molar-refractivity contribution in [2.75, 3.05) is 9.80 Å². The van der Waals surface area contributed by atoms with E-state index in [0.29, 0.717) is 0 Å². The fourth-order valence-corrected chi connectivity index (χ4v) is 14.6. The van der Waals surface area contributed by atoms with Gasteiger partial charge < -0.3 is 18.6 Å². The number of rotatable bonds is 6. The van der Waals surface area contributed by atoms with Crippen molar-refractivity contribution in [1.29, 1.82) is 0 Å². The van der Waals surface area contributed by atoms with Gasteiger partial charge in [0.05, 0.1) is 44.5 Å². The van der Waals surface area contributed by atoms with Crippen molar-refractivity contribution < 1.29 is 0 Å². The molecule has 0 unspecified atom stereocenters. The number of para-hydroxylation sites is 4. The number of hydrogen-bond donors (Lipinski definition) is 0. The van der Waals surface area contributed by atoms with Gasteiger partial charge in [-0.2, -0.15) is 0 Å². The molecule has 0 saturated carbocycles. The molecule has 17 rings (SSSR count). The van der Waals surface area contributed by atoms with Crippen LogP contribution >= 0.6 is 0 Å². The molecule has 0 radical (unpaired) electrons. The highest BCUT2D eigenvalue weighted by Crippen LogP contribution is 2.55. The standard InChI is InChI=1S/C72H50N4/c1-71(2)57-29-13-11-23-47(57)53-39-45(35-37-59(53)71)73(43-19-7-5-8-20-43)61-31-17-33-63-67(61)51-27-15-25-49-55-42-66-56(41-65(55)75(63)69(49)51)50-26-16-28-52-68-62(32-18-34-64(68)76(66)70(50)52)74(44-21-9-6-10-22-44)46-36-38-60-54(40-46)48-24-12-14-30-58(48)72(60,3)4/h5-42H,1-4H3. The lowest BCUT2D eigenvalue weighted by molar-refractivity contribution is 0.660. The molecule has 4 heteroatoms. The molecule has 0 bridgehead atoms. The van der Waals surface area contributed by atoms with E-state index in [-0.39, 0.29) is 10.8 Å². The lowest BCUT2D eigenvalue weighted by Crippen LogP contribution is -2.15. The molecular weight excluding hydrogens is 921 g/mol. The minimum atomic E-state index is -0.0705. The van der Waals surface area contributed by atoms with Crippen molar-refractivity contribution in [3.05, 3.63) is 253 Å². The Morgan fingerprint density at radius 1 is 0.276 bits per heavy atom. The topological polar surface area (TPSA) is 15.3 Å². The summed E-state index contributed by atoms with van der Waals surface area (Å²) in [5.41, 5.74) is 24.9. The number of hydrogen-bond acceptors (Lipinski definition) is 2. The molecule has 4 heterocycles. The van der Waals surface area contributed by atoms with Gasteiger partial charge in [0.25, 0.3) is 0 Å². The minimum absolute atomic E-state index is 0.0705. The summed E-state index contributed by atoms with van der Waals surface area (Å²) in [6, 6.07) is 86.6. The molecule has 15 aromatic rings. The van der Waals surface area contributed by atoms with Crippen LogP contribution in [0.3, 0.4) is 0 Å². The van der Waals surface area contributed by atoms with Gasteiger partial charge in [0.15, 0.2) is 0 Å². The molecule has 0 aliphatic heterocycles. The Balaban J connectivity index is 0.884. The predicted octanol–water partition coefficient (Wildman–Crippen LogP) is 19.5. The van der Waals surface area contributed by atoms with Crippen LogP contribution in [0.4, 0.5) is 34.1 Å². The summed E-state index contributed by atoms with van der Waals surface area (Å²) in [6.45, 7) is 9.43. The van der Waals surface area contributed by atoms with Crippen LogP contribution in [-0.4, -0.2) is 8.80 Å². The zero-order valence-corrected chi connectivity index (χ0v) is 42.7. The summed E-state index contributed by atoms with van der Waals surface area (Å²) in [5, 5.41) is 10.1. The molecular formula is C72H50N4. The van der Waals surface area contributed by atoms with E-state index in [0.717, 1.165) is 22.7 Å². The smallest absolute Gasteiger partial charge is 0.0621 e. The summed E-state index contributed by atoms with van der Waals surface area (Å²) in [5.74, 6) is 0. The van der Waals surface area contributed by atoms with Crippen molar-refractivity contribution in [2.24, 2.45) is 0 Å². The average Bonchev–Trinajstić information content (AvgIpc) is 4.28. The molecule has 76 heavy (non-hydrogen) atoms. The summed E-state index contributed by atoms with van der Waals surface area (Å²) < 4.78 is 5.11. The normalized spacial score (nSPS) is 14.3. The quantitative estimate of drug-likeness (QED) is 0.165. The Labute approximate surface area is 440 Å². The average molecular weight is 971 g/mol. The number of benzene rings is 11. The molecule has 358 valence electrons. The van der Waals surface area contributed by atoms with Crippen LogP contribution < -0.4 is 9.80 Å². The monoisotopic (exact) mass is 970 g/mol. The number of aromatic nitrogens is 2. The maximum atomic E-state index is 2.56. The van der Waals surface area contributed by atoms with E-state index in [1.807, 2.05) is 0 Å². The zero-order valence-electron chi connectivity index (χ0n) is 42.7. The van der Waals surface area contributed by atoms with E-state index in [1.165, 1.54) is 132 Å². The first-order valence-electron chi connectivity index (χ1n) is 26.8. The maximum Gasteiger partial charge on any atom is 0.0621 e. The van der Waals surface area contributed by atoms with E-state index >= 15 is 0 Å². The van der Waals surface area contributed by atoms with Gasteiger partial charge in [0.1, 0.15) is 0 Å². The van der Waals surface area contributed by atoms with Gasteiger partial charge >= 0.3 is 0 Å². The third-order valence-electron chi connectivity index (χ3n) is 17.9. The van der Waals surface area contributed by atoms with Crippen molar-refractivity contribution >= 4 is 110 Å². The highest BCUT2D eigenvalue weighted by atomic mass is 15.2. The molecule has 2 aliphatic rings. The molecule has 0 spiro atoms. The number of nitrogens with zero attached hydrogens (tertiary/aromatic N) is 4. The third kappa shape index (κ3) is 5.28. The molecule has 0 saturated heterocycles. The summed E-state index contributed by atoms with van der Waals surface area (Å²) in [4.78, 5) is 4.96. The second-order valence-corrected chi connectivity index (χ2v) is 22.4. The first kappa shape index (κ1) is 42.0. The van der Waals surface area contributed by atoms with Gasteiger partial charge in [0, 0.05) is 76.7 Å². The largest absolute Gasteiger partial charge is 0.310 e. The van der Waals surface area contributed by atoms with E-state index in [2.05, 4.69) is 277 Å². The molecule has 2 aliphatic carbocycles. The van der Waals surface area contributed by atoms with Crippen LogP contribution in [0.25, 0.3) is 98.4 Å². The fourth-order valence-electron chi connectivity index (χ4n) is 14.6. The Morgan fingerprint density at radius 2 is 0.658 bits per heavy atom. The van der Waals surface area contributed by atoms with Crippen LogP contribution in [0.5, 0.6) is 0 Å². The Morgan fingerprint density at radius 3 is 1.11 bits per heavy atom. The highest BCUT2D eigenvalue weighted by molar-refractivity contribution is 6.31. The highest BCUT2D eigenvalue weighted by Gasteiger charge is 2.38. The Kier molecular flexibility index (Phi) is 8.12. The Bertz CT molecular complexity index is 4620. The molecule has 0 atom stereocenters. The van der Waals surface area contributed by atoms with Gasteiger partial charge in [-0.3, -0.25) is 0 Å². The maximum absolute atomic E-state index is 2.56. The van der Waals surface area contributed by atoms with Gasteiger partial charge in [0.2, 0.25) is 0 Å². The van der Waals surface area contributed by atoms with Gasteiger partial charge in [-0.1, -0.05) is 173 Å². The lowest BCUT2D eigenvalue weighted by Gasteiger charge is -2.28. The summed E-state index contributed by atoms with van der Waals surface area (Å²) in [6.07, 6.45) is 0. The van der Waals surface area contributed by atoms with Crippen LogP contribution in [0, 0.1) is 0 Å². The SMILES string of the molecule is CC1(C)c2ccccc2-c2cc(N(c3ccccc3)c3cccc4c3c3cccc5c6cc7c(cc6n4c53)c3cccc4c5c(N(c6ccccc6)c6ccc8c(c6)-c6ccccc6C8(C)C)cccc5n7c34)ccc21. The Hall–Kier alpha value is -9.38. The van der Waals surface area contributed by atoms with Crippen LogP contribution in [0.2, 0.25) is 0 Å². The summed E-state index contributed by atoms with van der Waals surface area (Å²) in [7, 11) is 0. The van der Waals surface area contributed by atoms with E-state index < -0.39 is 0 Å². The van der Waals surface area contributed by atoms with E-state index in [1.54, 1.807) is 0 Å². The van der Waals surface area contributed by atoms with Crippen molar-refractivity contribution in [3.8, 4) is 22.3 Å². The number of fused-ring (bicyclic) bond motifs is 18.